The van der Waals surface area contributed by atoms with E-state index in [4.69, 9.17) is 12.6 Å². The first kappa shape index (κ1) is 13.8. The van der Waals surface area contributed by atoms with Crippen molar-refractivity contribution in [3.8, 4) is 23.0 Å². The normalized spacial score (nSPS) is 10.2. The van der Waals surface area contributed by atoms with E-state index in [0.29, 0.717) is 11.2 Å². The highest BCUT2D eigenvalue weighted by Crippen LogP contribution is 2.37. The fraction of sp³-hybridized carbons (Fsp3) is 0.0714. The van der Waals surface area contributed by atoms with Gasteiger partial charge in [-0.25, -0.2) is 0 Å². The first-order valence-corrected chi connectivity index (χ1v) is 5.74. The highest BCUT2D eigenvalue weighted by atomic mass is 16.5. The molecule has 2 aromatic carbocycles. The molecule has 20 heavy (non-hydrogen) atoms. The lowest BCUT2D eigenvalue weighted by molar-refractivity contribution is 0.0918. The molecular weight excluding hydrogens is 259 g/mol. The monoisotopic (exact) mass is 270 g/mol. The first-order valence-electron chi connectivity index (χ1n) is 5.74. The van der Waals surface area contributed by atoms with Crippen molar-refractivity contribution < 1.29 is 24.9 Å². The number of ketones is 1. The Kier molecular flexibility index (Phi) is 3.84. The number of hydrogen-bond donors (Lipinski definition) is 3. The Balaban J connectivity index is 2.09. The van der Waals surface area contributed by atoms with Crippen LogP contribution in [0.25, 0.3) is 0 Å². The molecule has 0 spiro atoms. The van der Waals surface area contributed by atoms with Crippen LogP contribution in [-0.2, 0) is 0 Å². The molecule has 2 rings (SSSR count). The van der Waals surface area contributed by atoms with Crippen molar-refractivity contribution in [3.63, 3.8) is 0 Å². The van der Waals surface area contributed by atoms with Crippen LogP contribution in [0.5, 0.6) is 23.0 Å². The van der Waals surface area contributed by atoms with Crippen LogP contribution in [0, 0.1) is 0 Å². The average Bonchev–Trinajstić information content (AvgIpc) is 2.44. The second-order valence-corrected chi connectivity index (χ2v) is 4.11. The maximum absolute atomic E-state index is 11.9. The number of ether oxygens (including phenoxy) is 1. The molecule has 6 heteroatoms. The lowest BCUT2D eigenvalue weighted by atomic mass is 9.97. The molecule has 0 saturated heterocycles. The van der Waals surface area contributed by atoms with Crippen molar-refractivity contribution in [2.75, 3.05) is 6.61 Å². The van der Waals surface area contributed by atoms with E-state index in [0.717, 1.165) is 6.07 Å². The molecule has 0 amide bonds. The zero-order chi connectivity index (χ0) is 14.7. The van der Waals surface area contributed by atoms with Gasteiger partial charge in [0.25, 0.3) is 0 Å². The Morgan fingerprint density at radius 1 is 1.00 bits per heavy atom. The fourth-order valence-corrected chi connectivity index (χ4v) is 1.58. The van der Waals surface area contributed by atoms with E-state index in [1.54, 1.807) is 24.3 Å². The van der Waals surface area contributed by atoms with Gasteiger partial charge in [0.05, 0.1) is 5.56 Å². The average molecular weight is 270 g/mol. The van der Waals surface area contributed by atoms with Crippen molar-refractivity contribution >= 4 is 19.1 Å². The Labute approximate surface area is 116 Å². The number of Topliss-reactive ketones (excluding diaryl/α,β-unsaturated/α-hetero) is 1. The molecule has 100 valence electrons. The molecule has 0 heterocycles. The molecule has 3 N–H and O–H groups in total. The summed E-state index contributed by atoms with van der Waals surface area (Å²) in [6.45, 7) is -0.318. The topological polar surface area (TPSA) is 87.0 Å². The summed E-state index contributed by atoms with van der Waals surface area (Å²) < 4.78 is 5.24. The second-order valence-electron chi connectivity index (χ2n) is 4.11. The van der Waals surface area contributed by atoms with E-state index in [1.165, 1.54) is 6.07 Å². The maximum Gasteiger partial charge on any atom is 0.204 e. The van der Waals surface area contributed by atoms with Crippen molar-refractivity contribution in [1.29, 1.82) is 0 Å². The van der Waals surface area contributed by atoms with Crippen molar-refractivity contribution in [2.45, 2.75) is 0 Å². The minimum atomic E-state index is -0.733. The molecule has 0 unspecified atom stereocenters. The summed E-state index contributed by atoms with van der Waals surface area (Å²) in [5, 5.41) is 28.1. The number of phenols is 3. The predicted octanol–water partition coefficient (Wildman–Crippen LogP) is 0.859. The van der Waals surface area contributed by atoms with Gasteiger partial charge in [0.1, 0.15) is 13.6 Å². The van der Waals surface area contributed by atoms with Crippen LogP contribution in [-0.4, -0.2) is 35.6 Å². The molecule has 0 aliphatic rings. The SMILES string of the molecule is [B]c1ccc(OCC(=O)c2ccc(O)c(O)c2O)cc1. The van der Waals surface area contributed by atoms with Crippen LogP contribution in [0.2, 0.25) is 0 Å². The quantitative estimate of drug-likeness (QED) is 0.435. The molecule has 0 atom stereocenters. The third-order valence-electron chi connectivity index (χ3n) is 2.68. The molecule has 0 fully saturated rings. The van der Waals surface area contributed by atoms with Gasteiger partial charge < -0.3 is 20.1 Å². The number of carbonyl (C=O) groups excluding carboxylic acids is 1. The van der Waals surface area contributed by atoms with E-state index in [1.807, 2.05) is 0 Å². The Morgan fingerprint density at radius 3 is 2.30 bits per heavy atom. The largest absolute Gasteiger partial charge is 0.504 e. The Bertz CT molecular complexity index is 637. The van der Waals surface area contributed by atoms with E-state index in [2.05, 4.69) is 0 Å². The summed E-state index contributed by atoms with van der Waals surface area (Å²) in [4.78, 5) is 11.9. The Morgan fingerprint density at radius 2 is 1.65 bits per heavy atom. The van der Waals surface area contributed by atoms with Gasteiger partial charge in [-0.2, -0.15) is 0 Å². The molecule has 0 aromatic heterocycles. The van der Waals surface area contributed by atoms with Crippen molar-refractivity contribution in [3.05, 3.63) is 42.0 Å². The third kappa shape index (κ3) is 2.85. The van der Waals surface area contributed by atoms with E-state index < -0.39 is 23.0 Å². The van der Waals surface area contributed by atoms with Gasteiger partial charge in [-0.05, 0) is 24.3 Å². The number of aromatic hydroxyl groups is 3. The molecular formula is C14H11BO5. The van der Waals surface area contributed by atoms with E-state index in [9.17, 15) is 20.1 Å². The fourth-order valence-electron chi connectivity index (χ4n) is 1.58. The van der Waals surface area contributed by atoms with Crippen LogP contribution in [0.4, 0.5) is 0 Å². The first-order chi connectivity index (χ1) is 9.49. The minimum absolute atomic E-state index is 0.129. The molecule has 0 bridgehead atoms. The summed E-state index contributed by atoms with van der Waals surface area (Å²) in [6, 6.07) is 8.80. The summed E-state index contributed by atoms with van der Waals surface area (Å²) in [7, 11) is 5.52. The number of carbonyl (C=O) groups is 1. The number of phenolic OH excluding ortho intramolecular Hbond substituents is 3. The standard InChI is InChI=1S/C14H11BO5/c15-8-1-3-9(4-2-8)20-7-12(17)10-5-6-11(16)14(19)13(10)18/h1-6,16,18-19H,7H2. The van der Waals surface area contributed by atoms with Gasteiger partial charge in [0.2, 0.25) is 11.5 Å². The molecule has 0 aliphatic carbocycles. The maximum atomic E-state index is 11.9. The summed E-state index contributed by atoms with van der Waals surface area (Å²) >= 11 is 0. The zero-order valence-electron chi connectivity index (χ0n) is 10.4. The van der Waals surface area contributed by atoms with Crippen LogP contribution in [0.1, 0.15) is 10.4 Å². The van der Waals surface area contributed by atoms with Gasteiger partial charge in [0, 0.05) is 0 Å². The van der Waals surface area contributed by atoms with E-state index in [-0.39, 0.29) is 12.2 Å². The third-order valence-corrected chi connectivity index (χ3v) is 2.68. The number of rotatable bonds is 4. The number of hydrogen-bond acceptors (Lipinski definition) is 5. The lowest BCUT2D eigenvalue weighted by Crippen LogP contribution is -2.12. The summed E-state index contributed by atoms with van der Waals surface area (Å²) in [5.41, 5.74) is 0.445. The smallest absolute Gasteiger partial charge is 0.204 e. The van der Waals surface area contributed by atoms with Crippen molar-refractivity contribution in [1.82, 2.24) is 0 Å². The minimum Gasteiger partial charge on any atom is -0.504 e. The highest BCUT2D eigenvalue weighted by Gasteiger charge is 2.17. The molecule has 2 radical (unpaired) electrons. The molecule has 0 saturated carbocycles. The van der Waals surface area contributed by atoms with Crippen LogP contribution >= 0.6 is 0 Å². The summed E-state index contributed by atoms with van der Waals surface area (Å²) in [5.74, 6) is -1.98. The highest BCUT2D eigenvalue weighted by molar-refractivity contribution is 6.32. The summed E-state index contributed by atoms with van der Waals surface area (Å²) in [6.07, 6.45) is 0. The van der Waals surface area contributed by atoms with Gasteiger partial charge in [-0.3, -0.25) is 4.79 Å². The number of benzene rings is 2. The lowest BCUT2D eigenvalue weighted by Gasteiger charge is -2.08. The van der Waals surface area contributed by atoms with Crippen LogP contribution in [0.15, 0.2) is 36.4 Å². The van der Waals surface area contributed by atoms with Crippen LogP contribution in [0.3, 0.4) is 0 Å². The molecule has 0 aliphatic heterocycles. The van der Waals surface area contributed by atoms with Crippen molar-refractivity contribution in [2.24, 2.45) is 0 Å². The van der Waals surface area contributed by atoms with Crippen LogP contribution < -0.4 is 10.2 Å². The van der Waals surface area contributed by atoms with Gasteiger partial charge in [-0.15, -0.1) is 0 Å². The van der Waals surface area contributed by atoms with Gasteiger partial charge in [-0.1, -0.05) is 17.6 Å². The van der Waals surface area contributed by atoms with E-state index >= 15 is 0 Å². The second kappa shape index (κ2) is 5.56. The molecule has 2 aromatic rings. The predicted molar refractivity (Wildman–Crippen MR) is 73.1 cm³/mol. The Hall–Kier alpha value is -2.63. The zero-order valence-corrected chi connectivity index (χ0v) is 10.4. The van der Waals surface area contributed by atoms with Gasteiger partial charge in [0.15, 0.2) is 18.1 Å². The molecule has 5 nitrogen and oxygen atoms in total. The van der Waals surface area contributed by atoms with Gasteiger partial charge >= 0.3 is 0 Å².